The van der Waals surface area contributed by atoms with Gasteiger partial charge in [-0.1, -0.05) is 6.07 Å². The molecule has 124 valence electrons. The minimum absolute atomic E-state index is 0.560. The summed E-state index contributed by atoms with van der Waals surface area (Å²) in [5, 5.41) is 6.44. The molecule has 0 radical (unpaired) electrons. The van der Waals surface area contributed by atoms with Crippen molar-refractivity contribution < 1.29 is 14.2 Å². The highest BCUT2D eigenvalue weighted by atomic mass is 16.5. The van der Waals surface area contributed by atoms with Crippen LogP contribution < -0.4 is 20.1 Å². The monoisotopic (exact) mass is 309 g/mol. The first-order valence-corrected chi connectivity index (χ1v) is 7.55. The van der Waals surface area contributed by atoms with Crippen molar-refractivity contribution in [3.05, 3.63) is 23.8 Å². The van der Waals surface area contributed by atoms with Gasteiger partial charge in [-0.05, 0) is 31.5 Å². The Balaban J connectivity index is 2.64. The highest BCUT2D eigenvalue weighted by Gasteiger charge is 2.04. The highest BCUT2D eigenvalue weighted by Crippen LogP contribution is 2.27. The van der Waals surface area contributed by atoms with Crippen molar-refractivity contribution >= 4 is 5.96 Å². The molecule has 0 heterocycles. The maximum Gasteiger partial charge on any atom is 0.191 e. The van der Waals surface area contributed by atoms with Gasteiger partial charge in [0.15, 0.2) is 17.5 Å². The first kappa shape index (κ1) is 18.1. The summed E-state index contributed by atoms with van der Waals surface area (Å²) in [6.07, 6.45) is 0. The van der Waals surface area contributed by atoms with Gasteiger partial charge in [0.05, 0.1) is 27.4 Å². The summed E-state index contributed by atoms with van der Waals surface area (Å²) in [4.78, 5) is 4.55. The first-order chi connectivity index (χ1) is 10.7. The molecule has 6 heteroatoms. The smallest absolute Gasteiger partial charge is 0.191 e. The Morgan fingerprint density at radius 3 is 2.50 bits per heavy atom. The van der Waals surface area contributed by atoms with Crippen LogP contribution in [0, 0.1) is 0 Å². The molecule has 6 nitrogen and oxygen atoms in total. The van der Waals surface area contributed by atoms with Gasteiger partial charge in [0.2, 0.25) is 0 Å². The van der Waals surface area contributed by atoms with E-state index in [1.165, 1.54) is 0 Å². The molecule has 22 heavy (non-hydrogen) atoms. The molecule has 0 bridgehead atoms. The van der Waals surface area contributed by atoms with Gasteiger partial charge in [0, 0.05) is 19.7 Å². The molecule has 0 amide bonds. The van der Waals surface area contributed by atoms with E-state index in [0.717, 1.165) is 37.0 Å². The molecule has 0 fully saturated rings. The van der Waals surface area contributed by atoms with Crippen molar-refractivity contribution in [1.29, 1.82) is 0 Å². The molecule has 0 aliphatic heterocycles. The fourth-order valence-corrected chi connectivity index (χ4v) is 1.88. The van der Waals surface area contributed by atoms with Crippen molar-refractivity contribution in [3.8, 4) is 11.5 Å². The summed E-state index contributed by atoms with van der Waals surface area (Å²) < 4.78 is 15.8. The molecule has 0 aliphatic rings. The normalized spacial score (nSPS) is 11.2. The Morgan fingerprint density at radius 1 is 1.09 bits per heavy atom. The third-order valence-electron chi connectivity index (χ3n) is 2.95. The SMILES string of the molecule is CCNC(=NCc1ccc(OC)c(OC)c1)NCCOCC. The van der Waals surface area contributed by atoms with Gasteiger partial charge in [-0.3, -0.25) is 0 Å². The van der Waals surface area contributed by atoms with Crippen molar-refractivity contribution in [1.82, 2.24) is 10.6 Å². The van der Waals surface area contributed by atoms with Crippen LogP contribution in [-0.2, 0) is 11.3 Å². The van der Waals surface area contributed by atoms with Crippen molar-refractivity contribution in [2.75, 3.05) is 40.5 Å². The molecule has 0 saturated heterocycles. The first-order valence-electron chi connectivity index (χ1n) is 7.55. The highest BCUT2D eigenvalue weighted by molar-refractivity contribution is 5.79. The molecule has 0 spiro atoms. The second kappa shape index (κ2) is 10.7. The molecule has 0 saturated carbocycles. The van der Waals surface area contributed by atoms with Crippen LogP contribution in [-0.4, -0.2) is 46.5 Å². The number of ether oxygens (including phenoxy) is 3. The summed E-state index contributed by atoms with van der Waals surface area (Å²) >= 11 is 0. The summed E-state index contributed by atoms with van der Waals surface area (Å²) in [7, 11) is 3.26. The molecule has 1 aromatic carbocycles. The van der Waals surface area contributed by atoms with Crippen LogP contribution in [0.25, 0.3) is 0 Å². The molecule has 0 aliphatic carbocycles. The van der Waals surface area contributed by atoms with E-state index in [-0.39, 0.29) is 0 Å². The average molecular weight is 309 g/mol. The van der Waals surface area contributed by atoms with Gasteiger partial charge < -0.3 is 24.8 Å². The Bertz CT molecular complexity index is 464. The van der Waals surface area contributed by atoms with Crippen LogP contribution in [0.2, 0.25) is 0 Å². The molecule has 2 N–H and O–H groups in total. The van der Waals surface area contributed by atoms with Gasteiger partial charge in [-0.2, -0.15) is 0 Å². The molecule has 1 rings (SSSR count). The maximum absolute atomic E-state index is 5.30. The Morgan fingerprint density at radius 2 is 1.86 bits per heavy atom. The quantitative estimate of drug-likeness (QED) is 0.414. The summed E-state index contributed by atoms with van der Waals surface area (Å²) in [6, 6.07) is 5.81. The van der Waals surface area contributed by atoms with Crippen molar-refractivity contribution in [3.63, 3.8) is 0 Å². The number of rotatable bonds is 9. The van der Waals surface area contributed by atoms with E-state index in [1.807, 2.05) is 32.0 Å². The molecular formula is C16H27N3O3. The topological polar surface area (TPSA) is 64.1 Å². The molecule has 0 aromatic heterocycles. The van der Waals surface area contributed by atoms with Crippen LogP contribution >= 0.6 is 0 Å². The number of aliphatic imine (C=N–C) groups is 1. The zero-order valence-corrected chi connectivity index (χ0v) is 13.9. The van der Waals surface area contributed by atoms with Gasteiger partial charge in [0.25, 0.3) is 0 Å². The number of hydrogen-bond acceptors (Lipinski definition) is 4. The molecule has 0 atom stereocenters. The van der Waals surface area contributed by atoms with Crippen molar-refractivity contribution in [2.24, 2.45) is 4.99 Å². The predicted molar refractivity (Wildman–Crippen MR) is 88.9 cm³/mol. The number of benzene rings is 1. The number of guanidine groups is 1. The van der Waals surface area contributed by atoms with E-state index < -0.39 is 0 Å². The molecule has 0 unspecified atom stereocenters. The van der Waals surface area contributed by atoms with E-state index in [4.69, 9.17) is 14.2 Å². The third-order valence-corrected chi connectivity index (χ3v) is 2.95. The van der Waals surface area contributed by atoms with Gasteiger partial charge in [-0.15, -0.1) is 0 Å². The Labute approximate surface area is 132 Å². The van der Waals surface area contributed by atoms with Crippen LogP contribution in [0.4, 0.5) is 0 Å². The second-order valence-electron chi connectivity index (χ2n) is 4.51. The van der Waals surface area contributed by atoms with E-state index >= 15 is 0 Å². The van der Waals surface area contributed by atoms with Gasteiger partial charge in [-0.25, -0.2) is 4.99 Å². The van der Waals surface area contributed by atoms with Crippen LogP contribution in [0.5, 0.6) is 11.5 Å². The lowest BCUT2D eigenvalue weighted by atomic mass is 10.2. The average Bonchev–Trinajstić information content (AvgIpc) is 2.56. The molecular weight excluding hydrogens is 282 g/mol. The lowest BCUT2D eigenvalue weighted by Gasteiger charge is -2.12. The lowest BCUT2D eigenvalue weighted by Crippen LogP contribution is -2.39. The predicted octanol–water partition coefficient (Wildman–Crippen LogP) is 1.80. The largest absolute Gasteiger partial charge is 0.493 e. The zero-order valence-electron chi connectivity index (χ0n) is 13.9. The van der Waals surface area contributed by atoms with Crippen LogP contribution in [0.15, 0.2) is 23.2 Å². The van der Waals surface area contributed by atoms with E-state index in [1.54, 1.807) is 14.2 Å². The van der Waals surface area contributed by atoms with Gasteiger partial charge in [0.1, 0.15) is 0 Å². The molecule has 1 aromatic rings. The second-order valence-corrected chi connectivity index (χ2v) is 4.51. The van der Waals surface area contributed by atoms with E-state index in [9.17, 15) is 0 Å². The number of hydrogen-bond donors (Lipinski definition) is 2. The summed E-state index contributed by atoms with van der Waals surface area (Å²) in [5.74, 6) is 2.21. The number of nitrogens with one attached hydrogen (secondary N) is 2. The third kappa shape index (κ3) is 6.22. The fraction of sp³-hybridized carbons (Fsp3) is 0.562. The standard InChI is InChI=1S/C16H27N3O3/c1-5-17-16(18-9-10-22-6-2)19-12-13-7-8-14(20-3)15(11-13)21-4/h7-8,11H,5-6,9-10,12H2,1-4H3,(H2,17,18,19). The minimum atomic E-state index is 0.560. The summed E-state index contributed by atoms with van der Waals surface area (Å²) in [6.45, 7) is 7.51. The minimum Gasteiger partial charge on any atom is -0.493 e. The van der Waals surface area contributed by atoms with E-state index in [2.05, 4.69) is 15.6 Å². The fourth-order valence-electron chi connectivity index (χ4n) is 1.88. The Hall–Kier alpha value is -1.95. The number of methoxy groups -OCH3 is 2. The van der Waals surface area contributed by atoms with E-state index in [0.29, 0.717) is 18.9 Å². The van der Waals surface area contributed by atoms with Crippen LogP contribution in [0.1, 0.15) is 19.4 Å². The Kier molecular flexibility index (Phi) is 8.83. The van der Waals surface area contributed by atoms with Crippen LogP contribution in [0.3, 0.4) is 0 Å². The maximum atomic E-state index is 5.30. The van der Waals surface area contributed by atoms with Crippen molar-refractivity contribution in [2.45, 2.75) is 20.4 Å². The summed E-state index contributed by atoms with van der Waals surface area (Å²) in [5.41, 5.74) is 1.06. The number of nitrogens with zero attached hydrogens (tertiary/aromatic N) is 1. The van der Waals surface area contributed by atoms with Gasteiger partial charge >= 0.3 is 0 Å². The lowest BCUT2D eigenvalue weighted by molar-refractivity contribution is 0.152. The zero-order chi connectivity index (χ0) is 16.2.